The molecule has 7 heteroatoms. The molecule has 30 heavy (non-hydrogen) atoms. The van der Waals surface area contributed by atoms with Crippen LogP contribution in [0.15, 0.2) is 60.7 Å². The van der Waals surface area contributed by atoms with Crippen molar-refractivity contribution in [1.82, 2.24) is 20.4 Å². The minimum Gasteiger partial charge on any atom is -0.457 e. The van der Waals surface area contributed by atoms with Gasteiger partial charge in [0, 0.05) is 12.1 Å². The van der Waals surface area contributed by atoms with Gasteiger partial charge in [-0.05, 0) is 43.2 Å². The number of benzene rings is 2. The fourth-order valence-corrected chi connectivity index (χ4v) is 3.84. The first-order valence-electron chi connectivity index (χ1n) is 9.91. The molecule has 0 spiro atoms. The van der Waals surface area contributed by atoms with Crippen LogP contribution in [-0.2, 0) is 0 Å². The van der Waals surface area contributed by atoms with Gasteiger partial charge in [-0.15, -0.1) is 0 Å². The number of hydrogen-bond donors (Lipinski definition) is 2. The van der Waals surface area contributed by atoms with Crippen LogP contribution in [-0.4, -0.2) is 39.6 Å². The van der Waals surface area contributed by atoms with E-state index in [4.69, 9.17) is 4.74 Å². The van der Waals surface area contributed by atoms with Crippen molar-refractivity contribution in [3.05, 3.63) is 66.4 Å². The van der Waals surface area contributed by atoms with Gasteiger partial charge >= 0.3 is 0 Å². The fraction of sp³-hybridized carbons (Fsp3) is 0.261. The molecule has 2 aromatic carbocycles. The molecule has 1 aliphatic heterocycles. The summed E-state index contributed by atoms with van der Waals surface area (Å²) in [5, 5.41) is 19.4. The third-order valence-electron chi connectivity index (χ3n) is 5.49. The van der Waals surface area contributed by atoms with E-state index in [2.05, 4.69) is 21.7 Å². The van der Waals surface area contributed by atoms with Gasteiger partial charge in [0.15, 0.2) is 6.19 Å². The van der Waals surface area contributed by atoms with Crippen LogP contribution < -0.4 is 10.1 Å². The Labute approximate surface area is 175 Å². The third-order valence-corrected chi connectivity index (χ3v) is 5.49. The van der Waals surface area contributed by atoms with Crippen molar-refractivity contribution in [2.45, 2.75) is 25.9 Å². The second kappa shape index (κ2) is 8.29. The minimum atomic E-state index is -0.237. The molecule has 1 amide bonds. The SMILES string of the molecule is CC1CN(C#N)C(C)[C@@H]1NC(=O)c1cc(-c2ccccc2Oc2ccccc2)n[nH]1. The van der Waals surface area contributed by atoms with Crippen LogP contribution in [0.1, 0.15) is 24.3 Å². The molecule has 2 N–H and O–H groups in total. The van der Waals surface area contributed by atoms with E-state index in [9.17, 15) is 10.1 Å². The molecule has 1 fully saturated rings. The molecular weight excluding hydrogens is 378 g/mol. The summed E-state index contributed by atoms with van der Waals surface area (Å²) in [6, 6.07) is 18.7. The smallest absolute Gasteiger partial charge is 0.269 e. The number of H-pyrrole nitrogens is 1. The lowest BCUT2D eigenvalue weighted by Crippen LogP contribution is -2.44. The normalized spacial score (nSPS) is 20.6. The monoisotopic (exact) mass is 401 g/mol. The number of para-hydroxylation sites is 2. The van der Waals surface area contributed by atoms with Crippen LogP contribution in [0.4, 0.5) is 0 Å². The lowest BCUT2D eigenvalue weighted by molar-refractivity contribution is 0.0918. The Balaban J connectivity index is 1.52. The molecule has 0 aliphatic carbocycles. The van der Waals surface area contributed by atoms with Gasteiger partial charge in [-0.25, -0.2) is 0 Å². The van der Waals surface area contributed by atoms with Crippen molar-refractivity contribution in [2.75, 3.05) is 6.54 Å². The molecule has 3 atom stereocenters. The number of likely N-dealkylation sites (tertiary alicyclic amines) is 1. The van der Waals surface area contributed by atoms with Crippen LogP contribution in [0.2, 0.25) is 0 Å². The Kier molecular flexibility index (Phi) is 5.40. The van der Waals surface area contributed by atoms with E-state index in [1.807, 2.05) is 68.4 Å². The number of rotatable bonds is 5. The summed E-state index contributed by atoms with van der Waals surface area (Å²) < 4.78 is 6.00. The Morgan fingerprint density at radius 3 is 2.67 bits per heavy atom. The number of aromatic amines is 1. The van der Waals surface area contributed by atoms with Gasteiger partial charge in [0.05, 0.1) is 17.8 Å². The lowest BCUT2D eigenvalue weighted by atomic mass is 10.0. The van der Waals surface area contributed by atoms with E-state index >= 15 is 0 Å². The molecule has 152 valence electrons. The number of nitrogens with zero attached hydrogens (tertiary/aromatic N) is 3. The van der Waals surface area contributed by atoms with Gasteiger partial charge in [0.25, 0.3) is 5.91 Å². The zero-order chi connectivity index (χ0) is 21.1. The summed E-state index contributed by atoms with van der Waals surface area (Å²) in [5.41, 5.74) is 1.78. The first kappa shape index (κ1) is 19.5. The van der Waals surface area contributed by atoms with Gasteiger partial charge < -0.3 is 15.0 Å². The minimum absolute atomic E-state index is 0.0451. The highest BCUT2D eigenvalue weighted by Crippen LogP contribution is 2.32. The first-order valence-corrected chi connectivity index (χ1v) is 9.91. The average molecular weight is 401 g/mol. The van der Waals surface area contributed by atoms with Crippen LogP contribution in [0.5, 0.6) is 11.5 Å². The summed E-state index contributed by atoms with van der Waals surface area (Å²) in [7, 11) is 0. The maximum Gasteiger partial charge on any atom is 0.269 e. The number of nitrogens with one attached hydrogen (secondary N) is 2. The fourth-order valence-electron chi connectivity index (χ4n) is 3.84. The molecular formula is C23H23N5O2. The van der Waals surface area contributed by atoms with Crippen LogP contribution in [0.3, 0.4) is 0 Å². The Morgan fingerprint density at radius 2 is 1.93 bits per heavy atom. The molecule has 2 unspecified atom stereocenters. The second-order valence-electron chi connectivity index (χ2n) is 7.55. The molecule has 4 rings (SSSR count). The maximum atomic E-state index is 12.8. The molecule has 7 nitrogen and oxygen atoms in total. The van der Waals surface area contributed by atoms with Gasteiger partial charge in [-0.3, -0.25) is 9.89 Å². The Bertz CT molecular complexity index is 1070. The van der Waals surface area contributed by atoms with Crippen molar-refractivity contribution in [3.63, 3.8) is 0 Å². The van der Waals surface area contributed by atoms with E-state index in [1.165, 1.54) is 0 Å². The summed E-state index contributed by atoms with van der Waals surface area (Å²) in [6.45, 7) is 4.63. The van der Waals surface area contributed by atoms with E-state index in [1.54, 1.807) is 11.0 Å². The molecule has 0 saturated carbocycles. The molecule has 3 aromatic rings. The first-order chi connectivity index (χ1) is 14.6. The largest absolute Gasteiger partial charge is 0.457 e. The highest BCUT2D eigenvalue weighted by Gasteiger charge is 2.37. The molecule has 1 aromatic heterocycles. The second-order valence-corrected chi connectivity index (χ2v) is 7.55. The highest BCUT2D eigenvalue weighted by atomic mass is 16.5. The average Bonchev–Trinajstić information content (AvgIpc) is 3.35. The molecule has 0 radical (unpaired) electrons. The lowest BCUT2D eigenvalue weighted by Gasteiger charge is -2.21. The summed E-state index contributed by atoms with van der Waals surface area (Å²) >= 11 is 0. The topological polar surface area (TPSA) is 94.0 Å². The van der Waals surface area contributed by atoms with Crippen molar-refractivity contribution in [3.8, 4) is 28.9 Å². The summed E-state index contributed by atoms with van der Waals surface area (Å²) in [6.07, 6.45) is 2.19. The molecule has 0 bridgehead atoms. The van der Waals surface area contributed by atoms with Crippen molar-refractivity contribution < 1.29 is 9.53 Å². The van der Waals surface area contributed by atoms with Crippen LogP contribution in [0, 0.1) is 17.4 Å². The predicted molar refractivity (Wildman–Crippen MR) is 113 cm³/mol. The van der Waals surface area contributed by atoms with Crippen LogP contribution in [0.25, 0.3) is 11.3 Å². The van der Waals surface area contributed by atoms with E-state index in [-0.39, 0.29) is 23.9 Å². The number of hydrogen-bond acceptors (Lipinski definition) is 5. The Morgan fingerprint density at radius 1 is 1.20 bits per heavy atom. The van der Waals surface area contributed by atoms with Gasteiger partial charge in [0.2, 0.25) is 0 Å². The van der Waals surface area contributed by atoms with Crippen molar-refractivity contribution in [1.29, 1.82) is 5.26 Å². The van der Waals surface area contributed by atoms with Crippen molar-refractivity contribution in [2.24, 2.45) is 5.92 Å². The molecule has 2 heterocycles. The summed E-state index contributed by atoms with van der Waals surface area (Å²) in [5.74, 6) is 1.33. The van der Waals surface area contributed by atoms with E-state index < -0.39 is 0 Å². The number of carbonyl (C=O) groups is 1. The van der Waals surface area contributed by atoms with Crippen molar-refractivity contribution >= 4 is 5.91 Å². The maximum absolute atomic E-state index is 12.8. The summed E-state index contributed by atoms with van der Waals surface area (Å²) in [4.78, 5) is 14.5. The van der Waals surface area contributed by atoms with Gasteiger partial charge in [-0.2, -0.15) is 10.4 Å². The molecule has 1 aliphatic rings. The molecule has 1 saturated heterocycles. The van der Waals surface area contributed by atoms with E-state index in [0.29, 0.717) is 23.7 Å². The quantitative estimate of drug-likeness (QED) is 0.635. The zero-order valence-corrected chi connectivity index (χ0v) is 16.9. The van der Waals surface area contributed by atoms with Gasteiger partial charge in [0.1, 0.15) is 17.2 Å². The van der Waals surface area contributed by atoms with E-state index in [0.717, 1.165) is 11.3 Å². The zero-order valence-electron chi connectivity index (χ0n) is 16.9. The number of aromatic nitrogens is 2. The number of amides is 1. The predicted octanol–water partition coefficient (Wildman–Crippen LogP) is 3.79. The number of carbonyl (C=O) groups excluding carboxylic acids is 1. The standard InChI is InChI=1S/C23H23N5O2/c1-15-13-28(14-24)16(2)22(15)25-23(29)20-12-19(26-27-20)18-10-6-7-11-21(18)30-17-8-4-3-5-9-17/h3-12,15-16,22H,13H2,1-2H3,(H,25,29)(H,26,27)/t15?,16?,22-/m1/s1. The third kappa shape index (κ3) is 3.85. The number of ether oxygens (including phenoxy) is 1. The Hall–Kier alpha value is -3.79. The van der Waals surface area contributed by atoms with Gasteiger partial charge in [-0.1, -0.05) is 37.3 Å². The van der Waals surface area contributed by atoms with Crippen LogP contribution >= 0.6 is 0 Å². The highest BCUT2D eigenvalue weighted by molar-refractivity contribution is 5.93. The number of nitriles is 1.